The summed E-state index contributed by atoms with van der Waals surface area (Å²) < 4.78 is 6.66. The van der Waals surface area contributed by atoms with Gasteiger partial charge in [-0.1, -0.05) is 29.8 Å². The third-order valence-corrected chi connectivity index (χ3v) is 3.55. The van der Waals surface area contributed by atoms with Gasteiger partial charge in [0.25, 0.3) is 0 Å². The number of aromatic nitrogens is 2. The second-order valence-electron chi connectivity index (χ2n) is 5.64. The monoisotopic (exact) mass is 352 g/mol. The number of carbonyl (C=O) groups is 1. The minimum absolute atomic E-state index is 0.219. The van der Waals surface area contributed by atoms with Gasteiger partial charge in [0, 0.05) is 18.3 Å². The van der Waals surface area contributed by atoms with E-state index in [9.17, 15) is 14.9 Å². The zero-order valence-electron chi connectivity index (χ0n) is 14.0. The highest BCUT2D eigenvalue weighted by Gasteiger charge is 2.10. The molecule has 3 rings (SSSR count). The molecule has 8 nitrogen and oxygen atoms in total. The van der Waals surface area contributed by atoms with Crippen molar-refractivity contribution in [2.45, 2.75) is 13.5 Å². The number of nitrogens with one attached hydrogen (secondary N) is 1. The summed E-state index contributed by atoms with van der Waals surface area (Å²) in [6.07, 6.45) is 4.35. The number of carbonyl (C=O) groups excluding carboxylic acids is 1. The Morgan fingerprint density at radius 3 is 2.73 bits per heavy atom. The van der Waals surface area contributed by atoms with Crippen LogP contribution in [0.15, 0.2) is 59.2 Å². The standard InChI is InChI=1S/C18H16N4O4/c1-13-2-4-14(5-3-13)12-21-11-10-16(20-21)19-17(23)8-6-15-7-9-18(26-15)22(24)25/h2-11H,12H2,1H3,(H,19,20,23)/b8-6+. The van der Waals surface area contributed by atoms with Crippen molar-refractivity contribution in [1.29, 1.82) is 0 Å². The molecule has 2 heterocycles. The lowest BCUT2D eigenvalue weighted by atomic mass is 10.1. The summed E-state index contributed by atoms with van der Waals surface area (Å²) in [4.78, 5) is 21.8. The molecule has 0 aliphatic carbocycles. The van der Waals surface area contributed by atoms with Crippen LogP contribution in [0.5, 0.6) is 0 Å². The van der Waals surface area contributed by atoms with Crippen LogP contribution in [-0.2, 0) is 11.3 Å². The van der Waals surface area contributed by atoms with E-state index in [1.165, 1.54) is 29.8 Å². The summed E-state index contributed by atoms with van der Waals surface area (Å²) in [5.41, 5.74) is 2.30. The van der Waals surface area contributed by atoms with Crippen molar-refractivity contribution in [1.82, 2.24) is 9.78 Å². The van der Waals surface area contributed by atoms with E-state index in [2.05, 4.69) is 10.4 Å². The smallest absolute Gasteiger partial charge is 0.401 e. The summed E-state index contributed by atoms with van der Waals surface area (Å²) in [7, 11) is 0. The molecule has 1 N–H and O–H groups in total. The molecule has 0 bridgehead atoms. The number of hydrogen-bond acceptors (Lipinski definition) is 5. The minimum atomic E-state index is -0.641. The molecule has 8 heteroatoms. The summed E-state index contributed by atoms with van der Waals surface area (Å²) in [5, 5.41) is 17.5. The van der Waals surface area contributed by atoms with Crippen LogP contribution in [0.2, 0.25) is 0 Å². The maximum atomic E-state index is 11.9. The van der Waals surface area contributed by atoms with Crippen molar-refractivity contribution in [3.05, 3.63) is 81.7 Å². The predicted molar refractivity (Wildman–Crippen MR) is 95.5 cm³/mol. The van der Waals surface area contributed by atoms with Crippen molar-refractivity contribution in [2.75, 3.05) is 5.32 Å². The Hall–Kier alpha value is -3.68. The van der Waals surface area contributed by atoms with Gasteiger partial charge in [-0.15, -0.1) is 0 Å². The van der Waals surface area contributed by atoms with E-state index < -0.39 is 10.8 Å². The molecule has 0 fully saturated rings. The van der Waals surface area contributed by atoms with Gasteiger partial charge in [-0.25, -0.2) is 0 Å². The second-order valence-corrected chi connectivity index (χ2v) is 5.64. The van der Waals surface area contributed by atoms with E-state index in [4.69, 9.17) is 4.42 Å². The van der Waals surface area contributed by atoms with Crippen LogP contribution in [0.25, 0.3) is 6.08 Å². The van der Waals surface area contributed by atoms with E-state index in [0.717, 1.165) is 5.56 Å². The number of anilines is 1. The van der Waals surface area contributed by atoms with Crippen LogP contribution in [0.1, 0.15) is 16.9 Å². The van der Waals surface area contributed by atoms with E-state index in [1.807, 2.05) is 31.2 Å². The van der Waals surface area contributed by atoms with Gasteiger partial charge in [0.15, 0.2) is 5.82 Å². The summed E-state index contributed by atoms with van der Waals surface area (Å²) in [6.45, 7) is 2.63. The Bertz CT molecular complexity index is 954. The van der Waals surface area contributed by atoms with E-state index in [0.29, 0.717) is 12.4 Å². The fourth-order valence-electron chi connectivity index (χ4n) is 2.25. The van der Waals surface area contributed by atoms with E-state index in [1.54, 1.807) is 16.9 Å². The predicted octanol–water partition coefficient (Wildman–Crippen LogP) is 3.39. The Balaban J connectivity index is 1.57. The fourth-order valence-corrected chi connectivity index (χ4v) is 2.25. The first-order chi connectivity index (χ1) is 12.5. The van der Waals surface area contributed by atoms with Crippen LogP contribution < -0.4 is 5.32 Å². The SMILES string of the molecule is Cc1ccc(Cn2ccc(NC(=O)/C=C/c3ccc([N+](=O)[O-])o3)n2)cc1. The molecule has 2 aromatic heterocycles. The Morgan fingerprint density at radius 1 is 1.27 bits per heavy atom. The minimum Gasteiger partial charge on any atom is -0.401 e. The molecule has 1 amide bonds. The molecular weight excluding hydrogens is 336 g/mol. The third kappa shape index (κ3) is 4.44. The van der Waals surface area contributed by atoms with E-state index in [-0.39, 0.29) is 11.6 Å². The summed E-state index contributed by atoms with van der Waals surface area (Å²) in [6, 6.07) is 12.5. The van der Waals surface area contributed by atoms with Crippen LogP contribution >= 0.6 is 0 Å². The van der Waals surface area contributed by atoms with Gasteiger partial charge in [-0.3, -0.25) is 19.6 Å². The number of nitrogens with zero attached hydrogens (tertiary/aromatic N) is 3. The molecule has 132 valence electrons. The van der Waals surface area contributed by atoms with Crippen molar-refractivity contribution >= 4 is 23.7 Å². The number of rotatable bonds is 6. The molecule has 1 aromatic carbocycles. The van der Waals surface area contributed by atoms with Gasteiger partial charge in [-0.2, -0.15) is 5.10 Å². The molecule has 0 saturated carbocycles. The van der Waals surface area contributed by atoms with Gasteiger partial charge >= 0.3 is 5.88 Å². The van der Waals surface area contributed by atoms with Crippen LogP contribution in [0.3, 0.4) is 0 Å². The number of furan rings is 1. The van der Waals surface area contributed by atoms with Crippen molar-refractivity contribution in [2.24, 2.45) is 0 Å². The third-order valence-electron chi connectivity index (χ3n) is 3.55. The molecule has 26 heavy (non-hydrogen) atoms. The highest BCUT2D eigenvalue weighted by Crippen LogP contribution is 2.16. The lowest BCUT2D eigenvalue weighted by molar-refractivity contribution is -0.402. The highest BCUT2D eigenvalue weighted by atomic mass is 16.6. The number of benzene rings is 1. The normalized spacial score (nSPS) is 11.0. The number of hydrogen-bond donors (Lipinski definition) is 1. The largest absolute Gasteiger partial charge is 0.433 e. The first-order valence-electron chi connectivity index (χ1n) is 7.82. The van der Waals surface area contributed by atoms with Crippen molar-refractivity contribution < 1.29 is 14.1 Å². The number of amides is 1. The second kappa shape index (κ2) is 7.47. The zero-order chi connectivity index (χ0) is 18.5. The first kappa shape index (κ1) is 17.2. The maximum Gasteiger partial charge on any atom is 0.433 e. The molecule has 0 aliphatic heterocycles. The van der Waals surface area contributed by atoms with Gasteiger partial charge in [0.05, 0.1) is 12.6 Å². The molecule has 3 aromatic rings. The molecular formula is C18H16N4O4. The quantitative estimate of drug-likeness (QED) is 0.416. The Labute approximate surface area is 148 Å². The molecule has 0 spiro atoms. The fraction of sp³-hybridized carbons (Fsp3) is 0.111. The molecule has 0 radical (unpaired) electrons. The van der Waals surface area contributed by atoms with Gasteiger partial charge in [-0.05, 0) is 24.6 Å². The molecule has 0 saturated heterocycles. The average Bonchev–Trinajstić information content (AvgIpc) is 3.25. The number of nitro groups is 1. The Morgan fingerprint density at radius 2 is 2.04 bits per heavy atom. The van der Waals surface area contributed by atoms with Gasteiger partial charge in [0.1, 0.15) is 10.7 Å². The topological polar surface area (TPSA) is 103 Å². The van der Waals surface area contributed by atoms with Gasteiger partial charge < -0.3 is 9.73 Å². The van der Waals surface area contributed by atoms with Crippen molar-refractivity contribution in [3.8, 4) is 0 Å². The Kier molecular flexibility index (Phi) is 4.93. The van der Waals surface area contributed by atoms with Crippen LogP contribution in [0.4, 0.5) is 11.7 Å². The molecule has 0 unspecified atom stereocenters. The maximum absolute atomic E-state index is 11.9. The van der Waals surface area contributed by atoms with Crippen LogP contribution in [-0.4, -0.2) is 20.6 Å². The average molecular weight is 352 g/mol. The number of aryl methyl sites for hydroxylation is 1. The summed E-state index contributed by atoms with van der Waals surface area (Å²) in [5.74, 6) is -0.154. The van der Waals surface area contributed by atoms with E-state index >= 15 is 0 Å². The lowest BCUT2D eigenvalue weighted by Gasteiger charge is -2.02. The van der Waals surface area contributed by atoms with Gasteiger partial charge in [0.2, 0.25) is 5.91 Å². The lowest BCUT2D eigenvalue weighted by Crippen LogP contribution is -2.09. The highest BCUT2D eigenvalue weighted by molar-refractivity contribution is 6.01. The van der Waals surface area contributed by atoms with Crippen molar-refractivity contribution in [3.63, 3.8) is 0 Å². The zero-order valence-corrected chi connectivity index (χ0v) is 14.0. The summed E-state index contributed by atoms with van der Waals surface area (Å²) >= 11 is 0. The first-order valence-corrected chi connectivity index (χ1v) is 7.82. The molecule has 0 atom stereocenters. The molecule has 0 aliphatic rings. The van der Waals surface area contributed by atoms with Crippen LogP contribution in [0, 0.1) is 17.0 Å².